The Hall–Kier alpha value is -1.63. The second-order valence-corrected chi connectivity index (χ2v) is 3.65. The summed E-state index contributed by atoms with van der Waals surface area (Å²) in [4.78, 5) is 7.74. The highest BCUT2D eigenvalue weighted by Crippen LogP contribution is 2.29. The Morgan fingerprint density at radius 2 is 2.00 bits per heavy atom. The van der Waals surface area contributed by atoms with Gasteiger partial charge in [0.15, 0.2) is 5.82 Å². The van der Waals surface area contributed by atoms with Crippen molar-refractivity contribution in [2.45, 2.75) is 13.1 Å². The molecule has 0 atom stereocenters. The highest BCUT2D eigenvalue weighted by atomic mass is 35.5. The standard InChI is InChI=1S/C9H6ClF3N4/c1-5-15-7(10)2-8(16-5)17-4-6(3-14-17)9(11,12)13/h2-4H,1H3. The second-order valence-electron chi connectivity index (χ2n) is 3.27. The van der Waals surface area contributed by atoms with Crippen molar-refractivity contribution in [3.63, 3.8) is 0 Å². The van der Waals surface area contributed by atoms with Gasteiger partial charge in [-0.05, 0) is 6.92 Å². The van der Waals surface area contributed by atoms with E-state index in [1.165, 1.54) is 6.07 Å². The van der Waals surface area contributed by atoms with Crippen LogP contribution in [-0.4, -0.2) is 19.7 Å². The van der Waals surface area contributed by atoms with Gasteiger partial charge in [-0.25, -0.2) is 14.6 Å². The number of halogens is 4. The minimum Gasteiger partial charge on any atom is -0.222 e. The molecule has 0 aliphatic carbocycles. The zero-order valence-corrected chi connectivity index (χ0v) is 9.29. The molecular formula is C9H6ClF3N4. The molecule has 0 saturated heterocycles. The van der Waals surface area contributed by atoms with Crippen LogP contribution in [-0.2, 0) is 6.18 Å². The second kappa shape index (κ2) is 3.99. The molecule has 2 heterocycles. The van der Waals surface area contributed by atoms with Gasteiger partial charge in [0, 0.05) is 12.3 Å². The van der Waals surface area contributed by atoms with Gasteiger partial charge < -0.3 is 0 Å². The predicted octanol–water partition coefficient (Wildman–Crippen LogP) is 2.64. The summed E-state index contributed by atoms with van der Waals surface area (Å²) in [5.74, 6) is 0.551. The Kier molecular flexibility index (Phi) is 2.78. The van der Waals surface area contributed by atoms with Gasteiger partial charge in [-0.3, -0.25) is 0 Å². The molecule has 0 aliphatic heterocycles. The Morgan fingerprint density at radius 3 is 2.53 bits per heavy atom. The van der Waals surface area contributed by atoms with E-state index in [4.69, 9.17) is 11.6 Å². The van der Waals surface area contributed by atoms with Crippen molar-refractivity contribution >= 4 is 11.6 Å². The first-order valence-electron chi connectivity index (χ1n) is 4.50. The molecule has 0 aromatic carbocycles. The molecule has 0 saturated carbocycles. The molecule has 17 heavy (non-hydrogen) atoms. The summed E-state index contributed by atoms with van der Waals surface area (Å²) in [6.45, 7) is 1.59. The molecule has 0 aliphatic rings. The quantitative estimate of drug-likeness (QED) is 0.742. The largest absolute Gasteiger partial charge is 0.419 e. The van der Waals surface area contributed by atoms with Gasteiger partial charge in [0.25, 0.3) is 0 Å². The van der Waals surface area contributed by atoms with Crippen LogP contribution in [0.25, 0.3) is 5.82 Å². The van der Waals surface area contributed by atoms with Gasteiger partial charge in [0.05, 0.1) is 11.8 Å². The third-order valence-corrected chi connectivity index (χ3v) is 2.13. The molecule has 4 nitrogen and oxygen atoms in total. The summed E-state index contributed by atoms with van der Waals surface area (Å²) in [6.07, 6.45) is -2.85. The lowest BCUT2D eigenvalue weighted by Gasteiger charge is -2.02. The highest BCUT2D eigenvalue weighted by molar-refractivity contribution is 6.29. The van der Waals surface area contributed by atoms with Crippen LogP contribution in [0, 0.1) is 6.92 Å². The van der Waals surface area contributed by atoms with Gasteiger partial charge in [0.1, 0.15) is 11.0 Å². The molecule has 0 radical (unpaired) electrons. The SMILES string of the molecule is Cc1nc(Cl)cc(-n2cc(C(F)(F)F)cn2)n1. The number of aromatic nitrogens is 4. The third-order valence-electron chi connectivity index (χ3n) is 1.94. The maximum Gasteiger partial charge on any atom is 0.419 e. The van der Waals surface area contributed by atoms with E-state index in [0.717, 1.165) is 17.1 Å². The van der Waals surface area contributed by atoms with E-state index >= 15 is 0 Å². The van der Waals surface area contributed by atoms with Gasteiger partial charge in [-0.1, -0.05) is 11.6 Å². The fourth-order valence-corrected chi connectivity index (χ4v) is 1.45. The first-order valence-corrected chi connectivity index (χ1v) is 4.87. The maximum atomic E-state index is 12.4. The number of hydrogen-bond donors (Lipinski definition) is 0. The van der Waals surface area contributed by atoms with Crippen LogP contribution < -0.4 is 0 Å². The van der Waals surface area contributed by atoms with Gasteiger partial charge in [-0.15, -0.1) is 0 Å². The minimum absolute atomic E-state index is 0.150. The number of rotatable bonds is 1. The molecule has 90 valence electrons. The average Bonchev–Trinajstić information content (AvgIpc) is 2.63. The van der Waals surface area contributed by atoms with Crippen LogP contribution in [0.1, 0.15) is 11.4 Å². The summed E-state index contributed by atoms with van der Waals surface area (Å²) in [5, 5.41) is 3.73. The van der Waals surface area contributed by atoms with Crippen LogP contribution in [0.2, 0.25) is 5.15 Å². The zero-order chi connectivity index (χ0) is 12.6. The predicted molar refractivity (Wildman–Crippen MR) is 53.9 cm³/mol. The Morgan fingerprint density at radius 1 is 1.29 bits per heavy atom. The van der Waals surface area contributed by atoms with E-state index in [-0.39, 0.29) is 11.0 Å². The fourth-order valence-electron chi connectivity index (χ4n) is 1.23. The van der Waals surface area contributed by atoms with Crippen molar-refractivity contribution in [2.24, 2.45) is 0 Å². The van der Waals surface area contributed by atoms with Crippen molar-refractivity contribution < 1.29 is 13.2 Å². The van der Waals surface area contributed by atoms with Crippen molar-refractivity contribution in [2.75, 3.05) is 0 Å². The van der Waals surface area contributed by atoms with Crippen LogP contribution in [0.15, 0.2) is 18.5 Å². The summed E-state index contributed by atoms with van der Waals surface area (Å²) in [7, 11) is 0. The van der Waals surface area contributed by atoms with E-state index in [9.17, 15) is 13.2 Å². The lowest BCUT2D eigenvalue weighted by Crippen LogP contribution is -2.04. The van der Waals surface area contributed by atoms with Crippen LogP contribution in [0.4, 0.5) is 13.2 Å². The van der Waals surface area contributed by atoms with E-state index in [0.29, 0.717) is 5.82 Å². The van der Waals surface area contributed by atoms with E-state index in [1.54, 1.807) is 6.92 Å². The van der Waals surface area contributed by atoms with Gasteiger partial charge in [0.2, 0.25) is 0 Å². The van der Waals surface area contributed by atoms with Crippen LogP contribution in [0.3, 0.4) is 0 Å². The number of nitrogens with zero attached hydrogens (tertiary/aromatic N) is 4. The molecule has 0 spiro atoms. The van der Waals surface area contributed by atoms with E-state index < -0.39 is 11.7 Å². The lowest BCUT2D eigenvalue weighted by molar-refractivity contribution is -0.137. The molecule has 0 amide bonds. The first kappa shape index (κ1) is 11.8. The van der Waals surface area contributed by atoms with Gasteiger partial charge >= 0.3 is 6.18 Å². The Labute approximate surface area is 99.1 Å². The molecule has 0 fully saturated rings. The molecule has 2 rings (SSSR count). The first-order chi connectivity index (χ1) is 7.86. The van der Waals surface area contributed by atoms with Crippen molar-refractivity contribution in [1.82, 2.24) is 19.7 Å². The molecular weight excluding hydrogens is 257 g/mol. The summed E-state index contributed by atoms with van der Waals surface area (Å²) >= 11 is 5.68. The van der Waals surface area contributed by atoms with Gasteiger partial charge in [-0.2, -0.15) is 18.3 Å². The molecule has 8 heteroatoms. The summed E-state index contributed by atoms with van der Waals surface area (Å²) in [5.41, 5.74) is -0.843. The molecule has 0 N–H and O–H groups in total. The molecule has 0 bridgehead atoms. The summed E-state index contributed by atoms with van der Waals surface area (Å²) < 4.78 is 38.1. The summed E-state index contributed by atoms with van der Waals surface area (Å²) in [6, 6.07) is 1.34. The van der Waals surface area contributed by atoms with E-state index in [1.807, 2.05) is 0 Å². The normalized spacial score (nSPS) is 11.8. The Bertz CT molecular complexity index is 529. The van der Waals surface area contributed by atoms with Crippen LogP contribution >= 0.6 is 11.6 Å². The van der Waals surface area contributed by atoms with Crippen molar-refractivity contribution in [3.05, 3.63) is 35.0 Å². The van der Waals surface area contributed by atoms with Crippen molar-refractivity contribution in [3.8, 4) is 5.82 Å². The monoisotopic (exact) mass is 262 g/mol. The van der Waals surface area contributed by atoms with E-state index in [2.05, 4.69) is 15.1 Å². The maximum absolute atomic E-state index is 12.4. The topological polar surface area (TPSA) is 43.6 Å². The van der Waals surface area contributed by atoms with Crippen LogP contribution in [0.5, 0.6) is 0 Å². The average molecular weight is 263 g/mol. The molecule has 2 aromatic rings. The van der Waals surface area contributed by atoms with Crippen molar-refractivity contribution in [1.29, 1.82) is 0 Å². The zero-order valence-electron chi connectivity index (χ0n) is 8.53. The highest BCUT2D eigenvalue weighted by Gasteiger charge is 2.32. The third kappa shape index (κ3) is 2.55. The molecule has 0 unspecified atom stereocenters. The lowest BCUT2D eigenvalue weighted by atomic mass is 10.4. The smallest absolute Gasteiger partial charge is 0.222 e. The minimum atomic E-state index is -4.43. The fraction of sp³-hybridized carbons (Fsp3) is 0.222. The Balaban J connectivity index is 2.44. The number of alkyl halides is 3. The molecule has 2 aromatic heterocycles. The number of aryl methyl sites for hydroxylation is 1. The number of hydrogen-bond acceptors (Lipinski definition) is 3.